The molecule has 0 spiro atoms. The molecule has 1 aliphatic carbocycles. The van der Waals surface area contributed by atoms with Gasteiger partial charge in [0.05, 0.1) is 41.6 Å². The minimum atomic E-state index is 0.506. The topological polar surface area (TPSA) is 114 Å². The van der Waals surface area contributed by atoms with Gasteiger partial charge in [0.2, 0.25) is 0 Å². The second-order valence-electron chi connectivity index (χ2n) is 8.40. The van der Waals surface area contributed by atoms with E-state index in [4.69, 9.17) is 15.7 Å². The molecule has 1 saturated heterocycles. The summed E-state index contributed by atoms with van der Waals surface area (Å²) in [5.74, 6) is 2.97. The van der Waals surface area contributed by atoms with E-state index in [9.17, 15) is 5.26 Å². The molecule has 0 aromatic carbocycles. The largest absolute Gasteiger partial charge is 0.355 e. The van der Waals surface area contributed by atoms with Crippen molar-refractivity contribution in [1.29, 1.82) is 5.26 Å². The van der Waals surface area contributed by atoms with E-state index in [0.717, 1.165) is 47.7 Å². The summed E-state index contributed by atoms with van der Waals surface area (Å²) in [6.45, 7) is 2.79. The third-order valence-corrected chi connectivity index (χ3v) is 6.65. The van der Waals surface area contributed by atoms with Gasteiger partial charge in [-0.25, -0.2) is 9.50 Å². The molecule has 1 saturated carbocycles. The van der Waals surface area contributed by atoms with E-state index in [1.165, 1.54) is 0 Å². The van der Waals surface area contributed by atoms with E-state index in [-0.39, 0.29) is 0 Å². The number of aromatic nitrogens is 6. The van der Waals surface area contributed by atoms with Gasteiger partial charge in [0.1, 0.15) is 11.9 Å². The molecular formula is C22H21N9. The smallest absolute Gasteiger partial charge is 0.147 e. The summed E-state index contributed by atoms with van der Waals surface area (Å²) in [6.07, 6.45) is 10.9. The van der Waals surface area contributed by atoms with E-state index in [1.54, 1.807) is 21.6 Å². The molecule has 4 aromatic rings. The maximum atomic E-state index is 9.58. The van der Waals surface area contributed by atoms with Crippen LogP contribution in [0.5, 0.6) is 0 Å². The van der Waals surface area contributed by atoms with Crippen molar-refractivity contribution in [3.8, 4) is 28.5 Å². The molecule has 2 N–H and O–H groups in total. The first-order valence-electron chi connectivity index (χ1n) is 10.3. The molecule has 1 unspecified atom stereocenters. The third-order valence-electron chi connectivity index (χ3n) is 6.65. The lowest BCUT2D eigenvalue weighted by atomic mass is 10.0. The quantitative estimate of drug-likeness (QED) is 0.544. The van der Waals surface area contributed by atoms with Crippen LogP contribution in [0.1, 0.15) is 5.56 Å². The number of fused-ring (bicyclic) bond motifs is 2. The highest BCUT2D eigenvalue weighted by atomic mass is 15.2. The highest BCUT2D eigenvalue weighted by Crippen LogP contribution is 2.51. The van der Waals surface area contributed by atoms with E-state index < -0.39 is 0 Å². The van der Waals surface area contributed by atoms with Gasteiger partial charge in [0.25, 0.3) is 0 Å². The highest BCUT2D eigenvalue weighted by Gasteiger charge is 2.54. The zero-order valence-electron chi connectivity index (χ0n) is 17.0. The Morgan fingerprint density at radius 2 is 1.90 bits per heavy atom. The summed E-state index contributed by atoms with van der Waals surface area (Å²) < 4.78 is 3.49. The number of aryl methyl sites for hydroxylation is 1. The number of nitriles is 1. The van der Waals surface area contributed by atoms with Gasteiger partial charge in [0, 0.05) is 49.2 Å². The molecule has 2 fully saturated rings. The van der Waals surface area contributed by atoms with Crippen LogP contribution in [0, 0.1) is 29.1 Å². The molecular weight excluding hydrogens is 390 g/mol. The molecule has 0 radical (unpaired) electrons. The normalized spacial score (nSPS) is 22.0. The number of piperidine rings is 1. The molecule has 3 atom stereocenters. The van der Waals surface area contributed by atoms with Gasteiger partial charge in [-0.15, -0.1) is 0 Å². The molecule has 9 heteroatoms. The standard InChI is InChI=1S/C22H21N9/c1-29-9-15(6-27-29)13-2-16(22-14(3-23)5-28-31(22)10-13)20-7-26-21(8-25-20)30-11-18-17(4-24)19(18)12-30/h2,5-10,17-19H,4,11-12,24H2,1H3/t17?,18-,19+. The van der Waals surface area contributed by atoms with Gasteiger partial charge < -0.3 is 10.6 Å². The Labute approximate surface area is 178 Å². The number of nitrogens with zero attached hydrogens (tertiary/aromatic N) is 8. The Bertz CT molecular complexity index is 1320. The second-order valence-corrected chi connectivity index (χ2v) is 8.40. The van der Waals surface area contributed by atoms with Crippen molar-refractivity contribution < 1.29 is 0 Å². The van der Waals surface area contributed by atoms with Crippen LogP contribution in [0.4, 0.5) is 5.82 Å². The minimum Gasteiger partial charge on any atom is -0.355 e. The summed E-state index contributed by atoms with van der Waals surface area (Å²) in [5.41, 5.74) is 10.5. The van der Waals surface area contributed by atoms with Crippen LogP contribution >= 0.6 is 0 Å². The monoisotopic (exact) mass is 411 g/mol. The predicted octanol–water partition coefficient (Wildman–Crippen LogP) is 1.70. The van der Waals surface area contributed by atoms with Crippen molar-refractivity contribution in [3.05, 3.63) is 48.8 Å². The van der Waals surface area contributed by atoms with Crippen molar-refractivity contribution in [2.75, 3.05) is 24.5 Å². The molecule has 1 aliphatic heterocycles. The number of hydrogen-bond donors (Lipinski definition) is 1. The van der Waals surface area contributed by atoms with Crippen molar-refractivity contribution in [3.63, 3.8) is 0 Å². The van der Waals surface area contributed by atoms with Gasteiger partial charge in [-0.05, 0) is 30.4 Å². The van der Waals surface area contributed by atoms with E-state index in [0.29, 0.717) is 29.0 Å². The fourth-order valence-electron chi connectivity index (χ4n) is 4.94. The predicted molar refractivity (Wildman–Crippen MR) is 115 cm³/mol. The third kappa shape index (κ3) is 2.79. The number of hydrogen-bond acceptors (Lipinski definition) is 7. The Kier molecular flexibility index (Phi) is 3.85. The summed E-state index contributed by atoms with van der Waals surface area (Å²) in [7, 11) is 1.88. The Morgan fingerprint density at radius 3 is 2.55 bits per heavy atom. The second kappa shape index (κ2) is 6.62. The van der Waals surface area contributed by atoms with Crippen LogP contribution in [0.3, 0.4) is 0 Å². The molecule has 6 rings (SSSR count). The first-order chi connectivity index (χ1) is 15.2. The van der Waals surface area contributed by atoms with Gasteiger partial charge in [0.15, 0.2) is 0 Å². The summed E-state index contributed by atoms with van der Waals surface area (Å²) in [5, 5.41) is 18.2. The average Bonchev–Trinajstić information content (AvgIpc) is 3.23. The maximum absolute atomic E-state index is 9.58. The van der Waals surface area contributed by atoms with E-state index in [1.807, 2.05) is 37.9 Å². The van der Waals surface area contributed by atoms with Gasteiger partial charge in [-0.3, -0.25) is 9.67 Å². The molecule has 2 aliphatic rings. The van der Waals surface area contributed by atoms with E-state index in [2.05, 4.69) is 21.2 Å². The molecule has 9 nitrogen and oxygen atoms in total. The van der Waals surface area contributed by atoms with Crippen LogP contribution in [-0.4, -0.2) is 49.0 Å². The fourth-order valence-corrected chi connectivity index (χ4v) is 4.94. The lowest BCUT2D eigenvalue weighted by molar-refractivity contribution is 0.643. The molecule has 5 heterocycles. The first-order valence-corrected chi connectivity index (χ1v) is 10.3. The maximum Gasteiger partial charge on any atom is 0.147 e. The first kappa shape index (κ1) is 18.0. The number of pyridine rings is 1. The number of anilines is 1. The van der Waals surface area contributed by atoms with Crippen LogP contribution in [0.15, 0.2) is 43.2 Å². The van der Waals surface area contributed by atoms with Gasteiger partial charge >= 0.3 is 0 Å². The Morgan fingerprint density at radius 1 is 1.06 bits per heavy atom. The van der Waals surface area contributed by atoms with Gasteiger partial charge in [-0.1, -0.05) is 0 Å². The van der Waals surface area contributed by atoms with Crippen molar-refractivity contribution >= 4 is 11.3 Å². The zero-order valence-corrected chi connectivity index (χ0v) is 17.0. The number of nitrogens with two attached hydrogens (primary N) is 1. The van der Waals surface area contributed by atoms with Crippen LogP contribution < -0.4 is 10.6 Å². The molecule has 31 heavy (non-hydrogen) atoms. The summed E-state index contributed by atoms with van der Waals surface area (Å²) in [6, 6.07) is 4.26. The molecule has 4 aromatic heterocycles. The molecule has 154 valence electrons. The fraction of sp³-hybridized carbons (Fsp3) is 0.318. The van der Waals surface area contributed by atoms with Crippen LogP contribution in [0.2, 0.25) is 0 Å². The Balaban J connectivity index is 1.39. The Hall–Kier alpha value is -3.77. The average molecular weight is 411 g/mol. The number of rotatable bonds is 4. The van der Waals surface area contributed by atoms with Crippen LogP contribution in [-0.2, 0) is 7.05 Å². The lowest BCUT2D eigenvalue weighted by Crippen LogP contribution is -2.26. The van der Waals surface area contributed by atoms with Crippen molar-refractivity contribution in [1.82, 2.24) is 29.4 Å². The van der Waals surface area contributed by atoms with Gasteiger partial charge in [-0.2, -0.15) is 15.5 Å². The molecule has 0 bridgehead atoms. The van der Waals surface area contributed by atoms with Crippen molar-refractivity contribution in [2.24, 2.45) is 30.5 Å². The van der Waals surface area contributed by atoms with Crippen molar-refractivity contribution in [2.45, 2.75) is 0 Å². The van der Waals surface area contributed by atoms with E-state index >= 15 is 0 Å². The lowest BCUT2D eigenvalue weighted by Gasteiger charge is -2.20. The summed E-state index contributed by atoms with van der Waals surface area (Å²) in [4.78, 5) is 11.7. The SMILES string of the molecule is Cn1cc(-c2cc(-c3cnc(N4C[C@@H]5C(CN)[C@@H]5C4)cn3)c3c(C#N)cnn3c2)cn1. The molecule has 0 amide bonds. The highest BCUT2D eigenvalue weighted by molar-refractivity contribution is 5.86. The van der Waals surface area contributed by atoms with Crippen LogP contribution in [0.25, 0.3) is 27.9 Å². The summed E-state index contributed by atoms with van der Waals surface area (Å²) >= 11 is 0. The minimum absolute atomic E-state index is 0.506. The zero-order chi connectivity index (χ0) is 21.1.